The molecule has 0 spiro atoms. The average molecular weight is 229 g/mol. The zero-order valence-electron chi connectivity index (χ0n) is 9.97. The fraction of sp³-hybridized carbons (Fsp3) is 0.231. The molecule has 0 unspecified atom stereocenters. The van der Waals surface area contributed by atoms with E-state index in [1.54, 1.807) is 0 Å². The summed E-state index contributed by atoms with van der Waals surface area (Å²) in [6, 6.07) is 7.93. The van der Waals surface area contributed by atoms with Crippen molar-refractivity contribution in [2.75, 3.05) is 5.73 Å². The van der Waals surface area contributed by atoms with Crippen LogP contribution in [-0.4, -0.2) is 9.97 Å². The second-order valence-electron chi connectivity index (χ2n) is 3.79. The minimum atomic E-state index is 0.445. The van der Waals surface area contributed by atoms with Crippen molar-refractivity contribution in [2.45, 2.75) is 20.3 Å². The first kappa shape index (κ1) is 11.4. The zero-order chi connectivity index (χ0) is 12.3. The van der Waals surface area contributed by atoms with Crippen molar-refractivity contribution >= 4 is 5.82 Å². The van der Waals surface area contributed by atoms with E-state index in [1.807, 2.05) is 31.2 Å². The standard InChI is InChI=1S/C13H15N3O/c1-3-10-4-6-11(7-5-10)17-13-9(2)12(14)15-8-16-13/h4-8H,3H2,1-2H3,(H2,14,15,16). The molecule has 0 amide bonds. The van der Waals surface area contributed by atoms with Crippen molar-refractivity contribution < 1.29 is 4.74 Å². The van der Waals surface area contributed by atoms with Crippen molar-refractivity contribution in [2.24, 2.45) is 0 Å². The molecule has 2 aromatic rings. The molecule has 4 nitrogen and oxygen atoms in total. The summed E-state index contributed by atoms with van der Waals surface area (Å²) < 4.78 is 5.66. The van der Waals surface area contributed by atoms with Gasteiger partial charge < -0.3 is 10.5 Å². The summed E-state index contributed by atoms with van der Waals surface area (Å²) in [7, 11) is 0. The molecule has 1 aromatic heterocycles. The van der Waals surface area contributed by atoms with Crippen LogP contribution in [0.5, 0.6) is 11.6 Å². The maximum Gasteiger partial charge on any atom is 0.227 e. The van der Waals surface area contributed by atoms with E-state index in [2.05, 4.69) is 16.9 Å². The lowest BCUT2D eigenvalue weighted by atomic mass is 10.2. The third-order valence-electron chi connectivity index (χ3n) is 2.62. The van der Waals surface area contributed by atoms with E-state index in [-0.39, 0.29) is 0 Å². The molecule has 88 valence electrons. The van der Waals surface area contributed by atoms with Crippen molar-refractivity contribution in [3.8, 4) is 11.6 Å². The predicted octanol–water partition coefficient (Wildman–Crippen LogP) is 2.72. The van der Waals surface area contributed by atoms with Gasteiger partial charge in [-0.3, -0.25) is 0 Å². The number of hydrogen-bond donors (Lipinski definition) is 1. The van der Waals surface area contributed by atoms with Crippen LogP contribution in [0.25, 0.3) is 0 Å². The lowest BCUT2D eigenvalue weighted by Crippen LogP contribution is -1.98. The van der Waals surface area contributed by atoms with E-state index in [4.69, 9.17) is 10.5 Å². The molecular formula is C13H15N3O. The minimum absolute atomic E-state index is 0.445. The molecule has 0 fully saturated rings. The first-order valence-corrected chi connectivity index (χ1v) is 5.54. The average Bonchev–Trinajstić information content (AvgIpc) is 2.36. The number of nitrogen functional groups attached to an aromatic ring is 1. The third kappa shape index (κ3) is 2.53. The van der Waals surface area contributed by atoms with Gasteiger partial charge in [-0.1, -0.05) is 19.1 Å². The maximum atomic E-state index is 5.69. The van der Waals surface area contributed by atoms with Crippen LogP contribution >= 0.6 is 0 Å². The first-order chi connectivity index (χ1) is 8.20. The number of aryl methyl sites for hydroxylation is 1. The Bertz CT molecular complexity index is 509. The molecule has 1 aromatic carbocycles. The topological polar surface area (TPSA) is 61.0 Å². The van der Waals surface area contributed by atoms with Gasteiger partial charge in [-0.25, -0.2) is 9.97 Å². The van der Waals surface area contributed by atoms with E-state index in [0.29, 0.717) is 11.7 Å². The molecule has 0 aliphatic heterocycles. The van der Waals surface area contributed by atoms with Gasteiger partial charge in [0, 0.05) is 0 Å². The number of benzene rings is 1. The Morgan fingerprint density at radius 3 is 2.53 bits per heavy atom. The molecular weight excluding hydrogens is 214 g/mol. The summed E-state index contributed by atoms with van der Waals surface area (Å²) in [6.07, 6.45) is 2.41. The van der Waals surface area contributed by atoms with Gasteiger partial charge in [-0.15, -0.1) is 0 Å². The highest BCUT2D eigenvalue weighted by Gasteiger charge is 2.06. The van der Waals surface area contributed by atoms with Crippen molar-refractivity contribution in [3.05, 3.63) is 41.7 Å². The fourth-order valence-corrected chi connectivity index (χ4v) is 1.45. The molecule has 0 aliphatic carbocycles. The molecule has 0 aliphatic rings. The predicted molar refractivity (Wildman–Crippen MR) is 67.1 cm³/mol. The highest BCUT2D eigenvalue weighted by molar-refractivity contribution is 5.44. The van der Waals surface area contributed by atoms with Gasteiger partial charge in [-0.05, 0) is 31.0 Å². The number of anilines is 1. The Balaban J connectivity index is 2.22. The number of rotatable bonds is 3. The van der Waals surface area contributed by atoms with Gasteiger partial charge in [0.25, 0.3) is 0 Å². The SMILES string of the molecule is CCc1ccc(Oc2ncnc(N)c2C)cc1. The Kier molecular flexibility index (Phi) is 3.23. The summed E-state index contributed by atoms with van der Waals surface area (Å²) in [4.78, 5) is 7.96. The van der Waals surface area contributed by atoms with Gasteiger partial charge in [0.15, 0.2) is 0 Å². The minimum Gasteiger partial charge on any atom is -0.439 e. The number of aromatic nitrogens is 2. The number of ether oxygens (including phenoxy) is 1. The van der Waals surface area contributed by atoms with Crippen LogP contribution in [0.1, 0.15) is 18.1 Å². The van der Waals surface area contributed by atoms with Gasteiger partial charge in [0.05, 0.1) is 5.56 Å². The van der Waals surface area contributed by atoms with E-state index in [9.17, 15) is 0 Å². The molecule has 2 N–H and O–H groups in total. The Morgan fingerprint density at radius 1 is 1.18 bits per heavy atom. The van der Waals surface area contributed by atoms with Crippen LogP contribution < -0.4 is 10.5 Å². The molecule has 0 bridgehead atoms. The van der Waals surface area contributed by atoms with E-state index in [1.165, 1.54) is 11.9 Å². The molecule has 0 saturated heterocycles. The van der Waals surface area contributed by atoms with Gasteiger partial charge >= 0.3 is 0 Å². The monoisotopic (exact) mass is 229 g/mol. The second kappa shape index (κ2) is 4.82. The molecule has 0 radical (unpaired) electrons. The van der Waals surface area contributed by atoms with Crippen LogP contribution in [0.4, 0.5) is 5.82 Å². The van der Waals surface area contributed by atoms with Gasteiger partial charge in [-0.2, -0.15) is 0 Å². The molecule has 0 saturated carbocycles. The second-order valence-corrected chi connectivity index (χ2v) is 3.79. The number of hydrogen-bond acceptors (Lipinski definition) is 4. The molecule has 2 rings (SSSR count). The van der Waals surface area contributed by atoms with Crippen molar-refractivity contribution in [3.63, 3.8) is 0 Å². The molecule has 0 atom stereocenters. The number of nitrogens with zero attached hydrogens (tertiary/aromatic N) is 2. The summed E-state index contributed by atoms with van der Waals surface area (Å²) in [5, 5.41) is 0. The Morgan fingerprint density at radius 2 is 1.88 bits per heavy atom. The fourth-order valence-electron chi connectivity index (χ4n) is 1.45. The first-order valence-electron chi connectivity index (χ1n) is 5.54. The number of nitrogens with two attached hydrogens (primary N) is 1. The third-order valence-corrected chi connectivity index (χ3v) is 2.62. The smallest absolute Gasteiger partial charge is 0.227 e. The van der Waals surface area contributed by atoms with E-state index in [0.717, 1.165) is 17.7 Å². The van der Waals surface area contributed by atoms with E-state index < -0.39 is 0 Å². The van der Waals surface area contributed by atoms with Gasteiger partial charge in [0.1, 0.15) is 17.9 Å². The van der Waals surface area contributed by atoms with Gasteiger partial charge in [0.2, 0.25) is 5.88 Å². The largest absolute Gasteiger partial charge is 0.439 e. The van der Waals surface area contributed by atoms with E-state index >= 15 is 0 Å². The zero-order valence-corrected chi connectivity index (χ0v) is 9.97. The Hall–Kier alpha value is -2.10. The van der Waals surface area contributed by atoms with Crippen LogP contribution in [0, 0.1) is 6.92 Å². The van der Waals surface area contributed by atoms with Crippen LogP contribution in [0.3, 0.4) is 0 Å². The normalized spacial score (nSPS) is 10.2. The lowest BCUT2D eigenvalue weighted by Gasteiger charge is -2.08. The quantitative estimate of drug-likeness (QED) is 0.879. The Labute approximate surface area is 100 Å². The molecule has 4 heteroatoms. The van der Waals surface area contributed by atoms with Crippen LogP contribution in [0.2, 0.25) is 0 Å². The summed E-state index contributed by atoms with van der Waals surface area (Å²) in [6.45, 7) is 3.95. The maximum absolute atomic E-state index is 5.69. The summed E-state index contributed by atoms with van der Waals surface area (Å²) in [5.41, 5.74) is 7.72. The van der Waals surface area contributed by atoms with Crippen LogP contribution in [-0.2, 0) is 6.42 Å². The highest BCUT2D eigenvalue weighted by atomic mass is 16.5. The van der Waals surface area contributed by atoms with Crippen molar-refractivity contribution in [1.82, 2.24) is 9.97 Å². The van der Waals surface area contributed by atoms with Crippen LogP contribution in [0.15, 0.2) is 30.6 Å². The summed E-state index contributed by atoms with van der Waals surface area (Å²) >= 11 is 0. The highest BCUT2D eigenvalue weighted by Crippen LogP contribution is 2.24. The summed E-state index contributed by atoms with van der Waals surface area (Å²) in [5.74, 6) is 1.70. The van der Waals surface area contributed by atoms with Crippen molar-refractivity contribution in [1.29, 1.82) is 0 Å². The molecule has 1 heterocycles. The molecule has 17 heavy (non-hydrogen) atoms. The lowest BCUT2D eigenvalue weighted by molar-refractivity contribution is 0.457.